The van der Waals surface area contributed by atoms with Crippen LogP contribution in [0.5, 0.6) is 0 Å². The first-order valence-corrected chi connectivity index (χ1v) is 5.62. The zero-order valence-corrected chi connectivity index (χ0v) is 9.28. The normalized spacial score (nSPS) is 17.9. The van der Waals surface area contributed by atoms with E-state index in [0.29, 0.717) is 0 Å². The lowest BCUT2D eigenvalue weighted by molar-refractivity contribution is 0.0336. The number of aryl methyl sites for hydroxylation is 1. The van der Waals surface area contributed by atoms with Crippen LogP contribution in [0.15, 0.2) is 18.3 Å². The first-order valence-electron chi connectivity index (χ1n) is 5.62. The molecule has 0 N–H and O–H groups in total. The van der Waals surface area contributed by atoms with Crippen molar-refractivity contribution in [1.29, 1.82) is 0 Å². The van der Waals surface area contributed by atoms with Gasteiger partial charge in [0, 0.05) is 25.8 Å². The Hall–Kier alpha value is -0.930. The summed E-state index contributed by atoms with van der Waals surface area (Å²) in [5, 5.41) is 0. The lowest BCUT2D eigenvalue weighted by Crippen LogP contribution is -2.35. The Labute approximate surface area is 91.1 Å². The maximum absolute atomic E-state index is 5.32. The molecule has 82 valence electrons. The Morgan fingerprint density at radius 3 is 2.93 bits per heavy atom. The van der Waals surface area contributed by atoms with Gasteiger partial charge in [0.15, 0.2) is 0 Å². The first-order chi connectivity index (χ1) is 7.38. The van der Waals surface area contributed by atoms with Gasteiger partial charge in [0.05, 0.1) is 18.9 Å². The molecule has 0 amide bonds. The minimum atomic E-state index is 0.855. The van der Waals surface area contributed by atoms with Crippen LogP contribution in [0.3, 0.4) is 0 Å². The van der Waals surface area contributed by atoms with E-state index >= 15 is 0 Å². The maximum Gasteiger partial charge on any atom is 0.0594 e. The Morgan fingerprint density at radius 1 is 1.40 bits per heavy atom. The molecule has 0 radical (unpaired) electrons. The van der Waals surface area contributed by atoms with E-state index in [4.69, 9.17) is 4.74 Å². The fourth-order valence-corrected chi connectivity index (χ4v) is 1.82. The van der Waals surface area contributed by atoms with Gasteiger partial charge in [0.25, 0.3) is 0 Å². The Bertz CT molecular complexity index is 308. The molecule has 0 atom stereocenters. The average molecular weight is 206 g/mol. The van der Waals surface area contributed by atoms with Crippen LogP contribution in [-0.2, 0) is 17.7 Å². The van der Waals surface area contributed by atoms with Crippen molar-refractivity contribution < 1.29 is 4.74 Å². The third-order valence-electron chi connectivity index (χ3n) is 2.78. The van der Waals surface area contributed by atoms with Gasteiger partial charge in [-0.25, -0.2) is 0 Å². The van der Waals surface area contributed by atoms with Gasteiger partial charge < -0.3 is 4.74 Å². The lowest BCUT2D eigenvalue weighted by Gasteiger charge is -2.26. The highest BCUT2D eigenvalue weighted by molar-refractivity contribution is 5.16. The van der Waals surface area contributed by atoms with Crippen molar-refractivity contribution >= 4 is 0 Å². The number of aromatic nitrogens is 1. The van der Waals surface area contributed by atoms with E-state index in [1.165, 1.54) is 11.3 Å². The molecule has 1 aliphatic rings. The summed E-state index contributed by atoms with van der Waals surface area (Å²) < 4.78 is 5.32. The average Bonchev–Trinajstić information content (AvgIpc) is 2.31. The third-order valence-corrected chi connectivity index (χ3v) is 2.78. The Morgan fingerprint density at radius 2 is 2.20 bits per heavy atom. The zero-order valence-electron chi connectivity index (χ0n) is 9.28. The highest BCUT2D eigenvalue weighted by atomic mass is 16.5. The van der Waals surface area contributed by atoms with Gasteiger partial charge in [-0.2, -0.15) is 0 Å². The molecule has 1 aliphatic heterocycles. The summed E-state index contributed by atoms with van der Waals surface area (Å²) in [5.74, 6) is 0. The van der Waals surface area contributed by atoms with Crippen LogP contribution in [0.1, 0.15) is 18.2 Å². The molecule has 0 unspecified atom stereocenters. The van der Waals surface area contributed by atoms with Crippen LogP contribution in [0.25, 0.3) is 0 Å². The summed E-state index contributed by atoms with van der Waals surface area (Å²) in [5.41, 5.74) is 2.55. The van der Waals surface area contributed by atoms with Crippen LogP contribution >= 0.6 is 0 Å². The Balaban J connectivity index is 1.96. The van der Waals surface area contributed by atoms with Crippen LogP contribution in [0, 0.1) is 0 Å². The molecule has 0 aromatic carbocycles. The number of rotatable bonds is 3. The van der Waals surface area contributed by atoms with Crippen molar-refractivity contribution in [2.45, 2.75) is 19.9 Å². The van der Waals surface area contributed by atoms with Crippen molar-refractivity contribution in [1.82, 2.24) is 9.88 Å². The van der Waals surface area contributed by atoms with E-state index in [0.717, 1.165) is 39.3 Å². The number of hydrogen-bond donors (Lipinski definition) is 0. The van der Waals surface area contributed by atoms with Crippen LogP contribution < -0.4 is 0 Å². The molecule has 1 aromatic rings. The van der Waals surface area contributed by atoms with Gasteiger partial charge >= 0.3 is 0 Å². The van der Waals surface area contributed by atoms with Crippen LogP contribution in [-0.4, -0.2) is 36.2 Å². The van der Waals surface area contributed by atoms with E-state index < -0.39 is 0 Å². The summed E-state index contributed by atoms with van der Waals surface area (Å²) in [7, 11) is 0. The van der Waals surface area contributed by atoms with Crippen molar-refractivity contribution in [3.05, 3.63) is 29.6 Å². The summed E-state index contributed by atoms with van der Waals surface area (Å²) in [6.45, 7) is 6.89. The minimum Gasteiger partial charge on any atom is -0.379 e. The van der Waals surface area contributed by atoms with Crippen molar-refractivity contribution in [2.75, 3.05) is 26.3 Å². The molecule has 3 nitrogen and oxygen atoms in total. The van der Waals surface area contributed by atoms with Crippen molar-refractivity contribution in [3.8, 4) is 0 Å². The van der Waals surface area contributed by atoms with E-state index in [1.807, 2.05) is 6.20 Å². The zero-order chi connectivity index (χ0) is 10.5. The highest BCUT2D eigenvalue weighted by Gasteiger charge is 2.11. The second-order valence-corrected chi connectivity index (χ2v) is 3.90. The molecule has 3 heteroatoms. The monoisotopic (exact) mass is 206 g/mol. The van der Waals surface area contributed by atoms with E-state index in [9.17, 15) is 0 Å². The third kappa shape index (κ3) is 3.01. The molecule has 1 saturated heterocycles. The van der Waals surface area contributed by atoms with E-state index in [1.54, 1.807) is 0 Å². The predicted octanol–water partition coefficient (Wildman–Crippen LogP) is 1.48. The van der Waals surface area contributed by atoms with Crippen molar-refractivity contribution in [2.24, 2.45) is 0 Å². The number of hydrogen-bond acceptors (Lipinski definition) is 3. The molecule has 15 heavy (non-hydrogen) atoms. The fourth-order valence-electron chi connectivity index (χ4n) is 1.82. The van der Waals surface area contributed by atoms with Gasteiger partial charge in [-0.05, 0) is 24.1 Å². The number of morpholine rings is 1. The summed E-state index contributed by atoms with van der Waals surface area (Å²) >= 11 is 0. The van der Waals surface area contributed by atoms with Gasteiger partial charge in [-0.1, -0.05) is 6.92 Å². The fraction of sp³-hybridized carbons (Fsp3) is 0.583. The van der Waals surface area contributed by atoms with Gasteiger partial charge in [0.1, 0.15) is 0 Å². The van der Waals surface area contributed by atoms with Gasteiger partial charge in [-0.15, -0.1) is 0 Å². The Kier molecular flexibility index (Phi) is 3.69. The van der Waals surface area contributed by atoms with Gasteiger partial charge in [-0.3, -0.25) is 9.88 Å². The van der Waals surface area contributed by atoms with Crippen LogP contribution in [0.2, 0.25) is 0 Å². The molecule has 1 aromatic heterocycles. The minimum absolute atomic E-state index is 0.855. The van der Waals surface area contributed by atoms with E-state index in [2.05, 4.69) is 28.9 Å². The number of pyridine rings is 1. The number of nitrogens with zero attached hydrogens (tertiary/aromatic N) is 2. The largest absolute Gasteiger partial charge is 0.379 e. The molecular formula is C12H18N2O. The summed E-state index contributed by atoms with van der Waals surface area (Å²) in [4.78, 5) is 6.79. The topological polar surface area (TPSA) is 25.4 Å². The van der Waals surface area contributed by atoms with Crippen LogP contribution in [0.4, 0.5) is 0 Å². The molecule has 2 heterocycles. The molecule has 2 rings (SSSR count). The van der Waals surface area contributed by atoms with Crippen molar-refractivity contribution in [3.63, 3.8) is 0 Å². The molecule has 0 bridgehead atoms. The molecule has 0 spiro atoms. The summed E-state index contributed by atoms with van der Waals surface area (Å²) in [6, 6.07) is 4.29. The lowest BCUT2D eigenvalue weighted by atomic mass is 10.2. The molecule has 0 saturated carbocycles. The summed E-state index contributed by atoms with van der Waals surface area (Å²) in [6.07, 6.45) is 2.99. The standard InChI is InChI=1S/C12H18N2O/c1-2-11-3-4-13-12(9-11)10-14-5-7-15-8-6-14/h3-4,9H,2,5-8,10H2,1H3. The first kappa shape index (κ1) is 10.6. The predicted molar refractivity (Wildman–Crippen MR) is 59.7 cm³/mol. The quantitative estimate of drug-likeness (QED) is 0.749. The second kappa shape index (κ2) is 5.24. The number of ether oxygens (including phenoxy) is 1. The SMILES string of the molecule is CCc1ccnc(CN2CCOCC2)c1. The molecular weight excluding hydrogens is 188 g/mol. The maximum atomic E-state index is 5.32. The second-order valence-electron chi connectivity index (χ2n) is 3.90. The van der Waals surface area contributed by atoms with Gasteiger partial charge in [0.2, 0.25) is 0 Å². The molecule has 1 fully saturated rings. The smallest absolute Gasteiger partial charge is 0.0594 e. The van der Waals surface area contributed by atoms with E-state index in [-0.39, 0.29) is 0 Å². The highest BCUT2D eigenvalue weighted by Crippen LogP contribution is 2.07. The molecule has 0 aliphatic carbocycles.